The monoisotopic (exact) mass is 273 g/mol. The van der Waals surface area contributed by atoms with E-state index in [-0.39, 0.29) is 18.3 Å². The first-order chi connectivity index (χ1) is 8.95. The van der Waals surface area contributed by atoms with E-state index in [9.17, 15) is 13.6 Å². The lowest BCUT2D eigenvalue weighted by atomic mass is 10.1. The largest absolute Gasteiger partial charge is 0.480 e. The third-order valence-corrected chi connectivity index (χ3v) is 2.88. The van der Waals surface area contributed by atoms with E-state index in [1.54, 1.807) is 30.0 Å². The van der Waals surface area contributed by atoms with E-state index >= 15 is 0 Å². The maximum atomic E-state index is 12.3. The number of aliphatic carboxylic acids is 1. The van der Waals surface area contributed by atoms with Gasteiger partial charge in [-0.1, -0.05) is 25.1 Å². The van der Waals surface area contributed by atoms with Gasteiger partial charge in [0.2, 0.25) is 0 Å². The molecule has 0 aliphatic carbocycles. The number of ether oxygens (including phenoxy) is 1. The Morgan fingerprint density at radius 2 is 2.05 bits per heavy atom. The number of carboxylic acids is 1. The molecule has 0 heterocycles. The number of hydrogen-bond donors (Lipinski definition) is 1. The number of nitrogens with zero attached hydrogens (tertiary/aromatic N) is 1. The first-order valence-electron chi connectivity index (χ1n) is 5.95. The average molecular weight is 273 g/mol. The molecule has 0 saturated heterocycles. The van der Waals surface area contributed by atoms with Gasteiger partial charge in [-0.3, -0.25) is 9.69 Å². The Balaban J connectivity index is 2.96. The van der Waals surface area contributed by atoms with Crippen molar-refractivity contribution >= 4 is 5.97 Å². The van der Waals surface area contributed by atoms with Crippen LogP contribution in [0.25, 0.3) is 0 Å². The topological polar surface area (TPSA) is 49.8 Å². The molecule has 6 heteroatoms. The standard InChI is InChI=1S/C13H17F2NO3/c1-3-16(8-12(17)18)9(2)10-6-4-5-7-11(10)19-13(14)15/h4-7,9,13H,3,8H2,1-2H3,(H,17,18). The molecule has 1 rings (SSSR count). The van der Waals surface area contributed by atoms with Gasteiger partial charge in [-0.15, -0.1) is 0 Å². The van der Waals surface area contributed by atoms with E-state index < -0.39 is 12.6 Å². The molecule has 0 aliphatic heterocycles. The van der Waals surface area contributed by atoms with Gasteiger partial charge in [0.15, 0.2) is 0 Å². The van der Waals surface area contributed by atoms with Crippen LogP contribution in [0.2, 0.25) is 0 Å². The van der Waals surface area contributed by atoms with Crippen molar-refractivity contribution in [1.29, 1.82) is 0 Å². The Hall–Kier alpha value is -1.69. The van der Waals surface area contributed by atoms with E-state index in [2.05, 4.69) is 4.74 Å². The summed E-state index contributed by atoms with van der Waals surface area (Å²) in [5, 5.41) is 8.83. The van der Waals surface area contributed by atoms with Crippen LogP contribution in [-0.2, 0) is 4.79 Å². The zero-order valence-corrected chi connectivity index (χ0v) is 10.8. The summed E-state index contributed by atoms with van der Waals surface area (Å²) < 4.78 is 29.1. The van der Waals surface area contributed by atoms with Crippen LogP contribution >= 0.6 is 0 Å². The van der Waals surface area contributed by atoms with Crippen LogP contribution < -0.4 is 4.74 Å². The minimum absolute atomic E-state index is 0.0776. The van der Waals surface area contributed by atoms with Crippen molar-refractivity contribution in [2.45, 2.75) is 26.5 Å². The number of carbonyl (C=O) groups is 1. The summed E-state index contributed by atoms with van der Waals surface area (Å²) in [7, 11) is 0. The normalized spacial score (nSPS) is 12.7. The second kappa shape index (κ2) is 7.04. The Morgan fingerprint density at radius 3 is 2.58 bits per heavy atom. The summed E-state index contributed by atoms with van der Waals surface area (Å²) in [5.74, 6) is -0.880. The lowest BCUT2D eigenvalue weighted by molar-refractivity contribution is -0.138. The Labute approximate surface area is 110 Å². The van der Waals surface area contributed by atoms with Gasteiger partial charge in [-0.2, -0.15) is 8.78 Å². The molecule has 1 aromatic rings. The molecule has 0 bridgehead atoms. The van der Waals surface area contributed by atoms with Crippen LogP contribution in [0, 0.1) is 0 Å². The molecule has 19 heavy (non-hydrogen) atoms. The summed E-state index contributed by atoms with van der Waals surface area (Å²) in [6, 6.07) is 6.09. The number of carboxylic acid groups (broad SMARTS) is 1. The molecular weight excluding hydrogens is 256 g/mol. The highest BCUT2D eigenvalue weighted by atomic mass is 19.3. The number of likely N-dealkylation sites (N-methyl/N-ethyl adjacent to an activating group) is 1. The second-order valence-electron chi connectivity index (χ2n) is 4.05. The lowest BCUT2D eigenvalue weighted by Gasteiger charge is -2.27. The van der Waals surface area contributed by atoms with Crippen LogP contribution in [0.1, 0.15) is 25.5 Å². The zero-order valence-electron chi connectivity index (χ0n) is 10.8. The first-order valence-corrected chi connectivity index (χ1v) is 5.95. The number of benzene rings is 1. The predicted molar refractivity (Wildman–Crippen MR) is 66.4 cm³/mol. The fraction of sp³-hybridized carbons (Fsp3) is 0.462. The van der Waals surface area contributed by atoms with E-state index in [0.29, 0.717) is 12.1 Å². The van der Waals surface area contributed by atoms with Gasteiger partial charge in [0.05, 0.1) is 6.54 Å². The molecule has 0 spiro atoms. The van der Waals surface area contributed by atoms with Crippen LogP contribution in [0.15, 0.2) is 24.3 Å². The molecule has 0 aliphatic rings. The molecule has 1 unspecified atom stereocenters. The molecule has 1 N–H and O–H groups in total. The number of hydrogen-bond acceptors (Lipinski definition) is 3. The third kappa shape index (κ3) is 4.48. The van der Waals surface area contributed by atoms with Gasteiger partial charge in [-0.05, 0) is 19.5 Å². The van der Waals surface area contributed by atoms with Gasteiger partial charge >= 0.3 is 12.6 Å². The summed E-state index contributed by atoms with van der Waals surface area (Å²) in [6.45, 7) is 1.02. The Morgan fingerprint density at radius 1 is 1.42 bits per heavy atom. The van der Waals surface area contributed by atoms with Gasteiger partial charge in [0, 0.05) is 11.6 Å². The highest BCUT2D eigenvalue weighted by molar-refractivity contribution is 5.69. The van der Waals surface area contributed by atoms with Gasteiger partial charge < -0.3 is 9.84 Å². The molecule has 4 nitrogen and oxygen atoms in total. The van der Waals surface area contributed by atoms with E-state index in [1.165, 1.54) is 6.07 Å². The molecule has 0 amide bonds. The first kappa shape index (κ1) is 15.4. The molecule has 106 valence electrons. The van der Waals surface area contributed by atoms with Gasteiger partial charge in [0.1, 0.15) is 5.75 Å². The maximum Gasteiger partial charge on any atom is 0.387 e. The predicted octanol–water partition coefficient (Wildman–Crippen LogP) is 2.76. The Bertz CT molecular complexity index is 426. The number of halogens is 2. The van der Waals surface area contributed by atoms with Crippen LogP contribution in [-0.4, -0.2) is 35.7 Å². The molecule has 0 fully saturated rings. The zero-order chi connectivity index (χ0) is 14.4. The van der Waals surface area contributed by atoms with Crippen LogP contribution in [0.3, 0.4) is 0 Å². The SMILES string of the molecule is CCN(CC(=O)O)C(C)c1ccccc1OC(F)F. The van der Waals surface area contributed by atoms with Crippen molar-refractivity contribution in [3.05, 3.63) is 29.8 Å². The fourth-order valence-corrected chi connectivity index (χ4v) is 1.92. The van der Waals surface area contributed by atoms with Crippen molar-refractivity contribution < 1.29 is 23.4 Å². The van der Waals surface area contributed by atoms with E-state index in [0.717, 1.165) is 0 Å². The lowest BCUT2D eigenvalue weighted by Crippen LogP contribution is -2.32. The highest BCUT2D eigenvalue weighted by Gasteiger charge is 2.21. The molecule has 0 aromatic heterocycles. The van der Waals surface area contributed by atoms with Crippen molar-refractivity contribution in [3.8, 4) is 5.75 Å². The summed E-state index contributed by atoms with van der Waals surface area (Å²) in [5.41, 5.74) is 0.547. The minimum Gasteiger partial charge on any atom is -0.480 e. The molecule has 0 saturated carbocycles. The van der Waals surface area contributed by atoms with Crippen molar-refractivity contribution in [3.63, 3.8) is 0 Å². The minimum atomic E-state index is -2.90. The Kier molecular flexibility index (Phi) is 5.69. The summed E-state index contributed by atoms with van der Waals surface area (Å²) in [6.07, 6.45) is 0. The average Bonchev–Trinajstić information content (AvgIpc) is 2.35. The second-order valence-corrected chi connectivity index (χ2v) is 4.05. The maximum absolute atomic E-state index is 12.3. The quantitative estimate of drug-likeness (QED) is 0.830. The van der Waals surface area contributed by atoms with Crippen molar-refractivity contribution in [2.24, 2.45) is 0 Å². The molecular formula is C13H17F2NO3. The van der Waals surface area contributed by atoms with Gasteiger partial charge in [0.25, 0.3) is 0 Å². The van der Waals surface area contributed by atoms with Crippen LogP contribution in [0.5, 0.6) is 5.75 Å². The smallest absolute Gasteiger partial charge is 0.387 e. The highest BCUT2D eigenvalue weighted by Crippen LogP contribution is 2.29. The third-order valence-electron chi connectivity index (χ3n) is 2.88. The fourth-order valence-electron chi connectivity index (χ4n) is 1.92. The summed E-state index contributed by atoms with van der Waals surface area (Å²) >= 11 is 0. The van der Waals surface area contributed by atoms with Crippen LogP contribution in [0.4, 0.5) is 8.78 Å². The molecule has 0 radical (unpaired) electrons. The number of rotatable bonds is 7. The van der Waals surface area contributed by atoms with Crippen molar-refractivity contribution in [1.82, 2.24) is 4.90 Å². The number of para-hydroxylation sites is 1. The van der Waals surface area contributed by atoms with Crippen molar-refractivity contribution in [2.75, 3.05) is 13.1 Å². The van der Waals surface area contributed by atoms with Gasteiger partial charge in [-0.25, -0.2) is 0 Å². The number of alkyl halides is 2. The molecule has 1 atom stereocenters. The molecule has 1 aromatic carbocycles. The van der Waals surface area contributed by atoms with E-state index in [4.69, 9.17) is 5.11 Å². The van der Waals surface area contributed by atoms with E-state index in [1.807, 2.05) is 6.92 Å². The summed E-state index contributed by atoms with van der Waals surface area (Å²) in [4.78, 5) is 12.4.